The zero-order valence-corrected chi connectivity index (χ0v) is 9.67. The van der Waals surface area contributed by atoms with Gasteiger partial charge in [0.25, 0.3) is 0 Å². The summed E-state index contributed by atoms with van der Waals surface area (Å²) < 4.78 is 10.2. The molecule has 15 heavy (non-hydrogen) atoms. The Hall–Kier alpha value is -0.650. The summed E-state index contributed by atoms with van der Waals surface area (Å²) >= 11 is 0. The lowest BCUT2D eigenvalue weighted by molar-refractivity contribution is -0.126. The van der Waals surface area contributed by atoms with Crippen molar-refractivity contribution in [2.24, 2.45) is 0 Å². The van der Waals surface area contributed by atoms with Gasteiger partial charge in [-0.3, -0.25) is 4.79 Å². The Morgan fingerprint density at radius 3 is 2.53 bits per heavy atom. The lowest BCUT2D eigenvalue weighted by Gasteiger charge is -2.06. The van der Waals surface area contributed by atoms with Gasteiger partial charge in [-0.1, -0.05) is 6.92 Å². The number of rotatable bonds is 10. The molecule has 0 atom stereocenters. The highest BCUT2D eigenvalue weighted by molar-refractivity contribution is 5.77. The van der Waals surface area contributed by atoms with Crippen LogP contribution in [0.5, 0.6) is 0 Å². The van der Waals surface area contributed by atoms with Crippen molar-refractivity contribution in [3.63, 3.8) is 0 Å². The summed E-state index contributed by atoms with van der Waals surface area (Å²) in [5.41, 5.74) is 0. The molecule has 0 bridgehead atoms. The third-order valence-corrected chi connectivity index (χ3v) is 1.68. The number of hydrogen-bond donors (Lipinski definition) is 2. The Balaban J connectivity index is 3.11. The average Bonchev–Trinajstić information content (AvgIpc) is 2.24. The molecule has 0 spiro atoms. The first-order chi connectivity index (χ1) is 7.31. The molecule has 0 rings (SSSR count). The van der Waals surface area contributed by atoms with Crippen LogP contribution in [-0.4, -0.2) is 52.0 Å². The normalized spacial score (nSPS) is 10.3. The molecule has 90 valence electrons. The van der Waals surface area contributed by atoms with Gasteiger partial charge in [-0.25, -0.2) is 0 Å². The Labute approximate surface area is 91.5 Å². The van der Waals surface area contributed by atoms with E-state index >= 15 is 0 Å². The standard InChI is InChI=1S/C10H22N2O3/c1-3-11-5-6-12-10(13)9-15-8-7-14-4-2/h11H,3-9H2,1-2H3,(H,12,13). The molecular weight excluding hydrogens is 196 g/mol. The summed E-state index contributed by atoms with van der Waals surface area (Å²) in [7, 11) is 0. The zero-order valence-electron chi connectivity index (χ0n) is 9.67. The smallest absolute Gasteiger partial charge is 0.246 e. The van der Waals surface area contributed by atoms with Crippen LogP contribution < -0.4 is 10.6 Å². The van der Waals surface area contributed by atoms with E-state index in [1.54, 1.807) is 0 Å². The first kappa shape index (κ1) is 14.3. The molecule has 1 amide bonds. The Morgan fingerprint density at radius 1 is 1.13 bits per heavy atom. The maximum absolute atomic E-state index is 11.1. The van der Waals surface area contributed by atoms with Gasteiger partial charge in [-0.15, -0.1) is 0 Å². The second-order valence-electron chi connectivity index (χ2n) is 2.95. The summed E-state index contributed by atoms with van der Waals surface area (Å²) in [6.07, 6.45) is 0. The Kier molecular flexibility index (Phi) is 10.9. The van der Waals surface area contributed by atoms with Gasteiger partial charge in [0, 0.05) is 19.7 Å². The third-order valence-electron chi connectivity index (χ3n) is 1.68. The van der Waals surface area contributed by atoms with E-state index in [1.807, 2.05) is 13.8 Å². The van der Waals surface area contributed by atoms with Crippen LogP contribution >= 0.6 is 0 Å². The monoisotopic (exact) mass is 218 g/mol. The fraction of sp³-hybridized carbons (Fsp3) is 0.900. The molecule has 0 unspecified atom stereocenters. The van der Waals surface area contributed by atoms with Crippen LogP contribution in [0.2, 0.25) is 0 Å². The first-order valence-electron chi connectivity index (χ1n) is 5.44. The van der Waals surface area contributed by atoms with Crippen LogP contribution in [0.15, 0.2) is 0 Å². The second-order valence-corrected chi connectivity index (χ2v) is 2.95. The van der Waals surface area contributed by atoms with Crippen molar-refractivity contribution < 1.29 is 14.3 Å². The molecule has 0 aromatic rings. The lowest BCUT2D eigenvalue weighted by Crippen LogP contribution is -2.34. The number of carbonyl (C=O) groups excluding carboxylic acids is 1. The van der Waals surface area contributed by atoms with Gasteiger partial charge in [0.1, 0.15) is 6.61 Å². The van der Waals surface area contributed by atoms with Gasteiger partial charge in [-0.2, -0.15) is 0 Å². The van der Waals surface area contributed by atoms with Crippen molar-refractivity contribution in [1.82, 2.24) is 10.6 Å². The molecule has 0 radical (unpaired) electrons. The van der Waals surface area contributed by atoms with E-state index in [-0.39, 0.29) is 12.5 Å². The third kappa shape index (κ3) is 11.3. The Morgan fingerprint density at radius 2 is 1.87 bits per heavy atom. The molecule has 0 aliphatic rings. The number of likely N-dealkylation sites (N-methyl/N-ethyl adjacent to an activating group) is 1. The summed E-state index contributed by atoms with van der Waals surface area (Å²) in [6.45, 7) is 8.10. The van der Waals surface area contributed by atoms with Crippen LogP contribution in [0.25, 0.3) is 0 Å². The van der Waals surface area contributed by atoms with Crippen molar-refractivity contribution in [2.45, 2.75) is 13.8 Å². The van der Waals surface area contributed by atoms with E-state index in [4.69, 9.17) is 9.47 Å². The molecule has 0 saturated heterocycles. The fourth-order valence-electron chi connectivity index (χ4n) is 0.945. The van der Waals surface area contributed by atoms with Crippen LogP contribution in [-0.2, 0) is 14.3 Å². The van der Waals surface area contributed by atoms with Crippen LogP contribution in [0, 0.1) is 0 Å². The first-order valence-corrected chi connectivity index (χ1v) is 5.44. The van der Waals surface area contributed by atoms with Crippen molar-refractivity contribution in [1.29, 1.82) is 0 Å². The molecule has 0 saturated carbocycles. The van der Waals surface area contributed by atoms with Gasteiger partial charge < -0.3 is 20.1 Å². The number of amides is 1. The van der Waals surface area contributed by atoms with Crippen LogP contribution in [0.3, 0.4) is 0 Å². The summed E-state index contributed by atoms with van der Waals surface area (Å²) in [4.78, 5) is 11.1. The predicted octanol–water partition coefficient (Wildman–Crippen LogP) is -0.235. The highest BCUT2D eigenvalue weighted by Gasteiger charge is 1.99. The Bertz CT molecular complexity index is 154. The quantitative estimate of drug-likeness (QED) is 0.497. The molecule has 0 fully saturated rings. The predicted molar refractivity (Wildman–Crippen MR) is 58.9 cm³/mol. The molecule has 0 aliphatic heterocycles. The van der Waals surface area contributed by atoms with Gasteiger partial charge >= 0.3 is 0 Å². The average molecular weight is 218 g/mol. The molecule has 0 aliphatic carbocycles. The number of ether oxygens (including phenoxy) is 2. The van der Waals surface area contributed by atoms with Gasteiger partial charge in [0.05, 0.1) is 13.2 Å². The fourth-order valence-corrected chi connectivity index (χ4v) is 0.945. The maximum atomic E-state index is 11.1. The van der Waals surface area contributed by atoms with Crippen LogP contribution in [0.4, 0.5) is 0 Å². The minimum atomic E-state index is -0.0793. The van der Waals surface area contributed by atoms with E-state index < -0.39 is 0 Å². The van der Waals surface area contributed by atoms with Crippen molar-refractivity contribution in [2.75, 3.05) is 46.1 Å². The molecule has 5 nitrogen and oxygen atoms in total. The minimum Gasteiger partial charge on any atom is -0.379 e. The molecule has 0 aromatic carbocycles. The van der Waals surface area contributed by atoms with Crippen molar-refractivity contribution >= 4 is 5.91 Å². The summed E-state index contributed by atoms with van der Waals surface area (Å²) in [5.74, 6) is -0.0793. The molecule has 0 aromatic heterocycles. The highest BCUT2D eigenvalue weighted by Crippen LogP contribution is 1.78. The van der Waals surface area contributed by atoms with E-state index in [1.165, 1.54) is 0 Å². The molecule has 2 N–H and O–H groups in total. The van der Waals surface area contributed by atoms with Crippen molar-refractivity contribution in [3.05, 3.63) is 0 Å². The minimum absolute atomic E-state index is 0.0793. The van der Waals surface area contributed by atoms with E-state index in [2.05, 4.69) is 10.6 Å². The molecule has 0 heterocycles. The number of hydrogen-bond acceptors (Lipinski definition) is 4. The largest absolute Gasteiger partial charge is 0.379 e. The van der Waals surface area contributed by atoms with Gasteiger partial charge in [0.2, 0.25) is 5.91 Å². The summed E-state index contributed by atoms with van der Waals surface area (Å²) in [6, 6.07) is 0. The SMILES string of the molecule is CCNCCNC(=O)COCCOCC. The van der Waals surface area contributed by atoms with Gasteiger partial charge in [-0.05, 0) is 13.5 Å². The number of nitrogens with one attached hydrogen (secondary N) is 2. The van der Waals surface area contributed by atoms with Crippen LogP contribution in [0.1, 0.15) is 13.8 Å². The van der Waals surface area contributed by atoms with Gasteiger partial charge in [0.15, 0.2) is 0 Å². The van der Waals surface area contributed by atoms with Crippen molar-refractivity contribution in [3.8, 4) is 0 Å². The second kappa shape index (κ2) is 11.4. The zero-order chi connectivity index (χ0) is 11.4. The highest BCUT2D eigenvalue weighted by atomic mass is 16.5. The molecular formula is C10H22N2O3. The molecule has 5 heteroatoms. The van der Waals surface area contributed by atoms with E-state index in [0.29, 0.717) is 26.4 Å². The van der Waals surface area contributed by atoms with E-state index in [9.17, 15) is 4.79 Å². The topological polar surface area (TPSA) is 59.6 Å². The summed E-state index contributed by atoms with van der Waals surface area (Å²) in [5, 5.41) is 5.85. The lowest BCUT2D eigenvalue weighted by atomic mass is 10.5. The number of carbonyl (C=O) groups is 1. The van der Waals surface area contributed by atoms with E-state index in [0.717, 1.165) is 13.1 Å². The maximum Gasteiger partial charge on any atom is 0.246 e.